The first kappa shape index (κ1) is 17.3. The quantitative estimate of drug-likeness (QED) is 0.416. The van der Waals surface area contributed by atoms with Gasteiger partial charge in [0.2, 0.25) is 5.95 Å². The Labute approximate surface area is 158 Å². The molecule has 0 atom stereocenters. The minimum Gasteiger partial charge on any atom is -0.478 e. The summed E-state index contributed by atoms with van der Waals surface area (Å²) in [7, 11) is 0. The van der Waals surface area contributed by atoms with Crippen LogP contribution in [0.15, 0.2) is 57.9 Å². The lowest BCUT2D eigenvalue weighted by molar-refractivity contribution is 0.0697. The number of fused-ring (bicyclic) bond motifs is 1. The van der Waals surface area contributed by atoms with E-state index >= 15 is 0 Å². The maximum absolute atomic E-state index is 11.3. The van der Waals surface area contributed by atoms with Gasteiger partial charge in [-0.25, -0.2) is 14.6 Å². The summed E-state index contributed by atoms with van der Waals surface area (Å²) in [6.07, 6.45) is 1.67. The van der Waals surface area contributed by atoms with E-state index in [9.17, 15) is 9.59 Å². The van der Waals surface area contributed by atoms with Gasteiger partial charge in [0.05, 0.1) is 11.1 Å². The maximum atomic E-state index is 11.3. The van der Waals surface area contributed by atoms with Crippen molar-refractivity contribution in [3.63, 3.8) is 0 Å². The molecule has 0 amide bonds. The highest BCUT2D eigenvalue weighted by atomic mass is 16.4. The van der Waals surface area contributed by atoms with Crippen molar-refractivity contribution in [2.24, 2.45) is 0 Å². The normalized spacial score (nSPS) is 10.8. The SMILES string of the molecule is Cc1cnc(Nc2ccc(C(=O)O)cc2)nc1Nc1ccc2oc(=O)[nH]c2c1. The number of oxazole rings is 1. The van der Waals surface area contributed by atoms with E-state index in [4.69, 9.17) is 9.52 Å². The van der Waals surface area contributed by atoms with Crippen molar-refractivity contribution < 1.29 is 14.3 Å². The van der Waals surface area contributed by atoms with E-state index in [1.54, 1.807) is 36.5 Å². The Morgan fingerprint density at radius 3 is 2.61 bits per heavy atom. The standard InChI is InChI=1S/C19H15N5O4/c1-10-9-20-18(22-12-4-2-11(3-5-12)17(25)26)24-16(10)21-13-6-7-15-14(8-13)23-19(27)28-15/h2-9H,1H3,(H,23,27)(H,25,26)(H2,20,21,22,24). The summed E-state index contributed by atoms with van der Waals surface area (Å²) in [6.45, 7) is 1.87. The molecule has 0 spiro atoms. The zero-order chi connectivity index (χ0) is 19.7. The Kier molecular flexibility index (Phi) is 4.24. The molecular formula is C19H15N5O4. The molecule has 2 aromatic carbocycles. The first-order valence-corrected chi connectivity index (χ1v) is 8.32. The highest BCUT2D eigenvalue weighted by Gasteiger charge is 2.08. The summed E-state index contributed by atoms with van der Waals surface area (Å²) < 4.78 is 4.99. The van der Waals surface area contributed by atoms with Crippen molar-refractivity contribution in [2.45, 2.75) is 6.92 Å². The number of hydrogen-bond acceptors (Lipinski definition) is 7. The molecule has 9 nitrogen and oxygen atoms in total. The molecule has 0 bridgehead atoms. The predicted molar refractivity (Wildman–Crippen MR) is 104 cm³/mol. The number of aromatic amines is 1. The molecule has 0 unspecified atom stereocenters. The van der Waals surface area contributed by atoms with E-state index < -0.39 is 11.7 Å². The number of nitrogens with zero attached hydrogens (tertiary/aromatic N) is 2. The molecule has 4 rings (SSSR count). The van der Waals surface area contributed by atoms with Gasteiger partial charge in [-0.1, -0.05) is 0 Å². The number of aryl methyl sites for hydroxylation is 1. The minimum atomic E-state index is -0.986. The number of H-pyrrole nitrogens is 1. The molecule has 4 aromatic rings. The Bertz CT molecular complexity index is 1230. The molecule has 28 heavy (non-hydrogen) atoms. The van der Waals surface area contributed by atoms with Gasteiger partial charge in [0, 0.05) is 23.1 Å². The molecular weight excluding hydrogens is 362 g/mol. The van der Waals surface area contributed by atoms with Crippen molar-refractivity contribution >= 4 is 40.2 Å². The van der Waals surface area contributed by atoms with E-state index in [2.05, 4.69) is 25.6 Å². The maximum Gasteiger partial charge on any atom is 0.417 e. The number of carboxylic acids is 1. The summed E-state index contributed by atoms with van der Waals surface area (Å²) in [5, 5.41) is 15.2. The predicted octanol–water partition coefficient (Wildman–Crippen LogP) is 3.40. The van der Waals surface area contributed by atoms with Crippen LogP contribution < -0.4 is 16.4 Å². The van der Waals surface area contributed by atoms with Crippen molar-refractivity contribution in [1.82, 2.24) is 15.0 Å². The number of carboxylic acid groups (broad SMARTS) is 1. The van der Waals surface area contributed by atoms with E-state index in [-0.39, 0.29) is 5.56 Å². The Morgan fingerprint density at radius 1 is 1.11 bits per heavy atom. The second-order valence-electron chi connectivity index (χ2n) is 6.08. The van der Waals surface area contributed by atoms with Crippen molar-refractivity contribution in [3.8, 4) is 0 Å². The largest absolute Gasteiger partial charge is 0.478 e. The van der Waals surface area contributed by atoms with Gasteiger partial charge in [0.1, 0.15) is 5.82 Å². The number of benzene rings is 2. The number of anilines is 4. The van der Waals surface area contributed by atoms with E-state index in [1.165, 1.54) is 12.1 Å². The number of hydrogen-bond donors (Lipinski definition) is 4. The molecule has 2 heterocycles. The van der Waals surface area contributed by atoms with E-state index in [1.807, 2.05) is 6.92 Å². The van der Waals surface area contributed by atoms with Crippen LogP contribution >= 0.6 is 0 Å². The average Bonchev–Trinajstić information content (AvgIpc) is 3.04. The van der Waals surface area contributed by atoms with Crippen molar-refractivity contribution in [3.05, 3.63) is 70.3 Å². The molecule has 0 radical (unpaired) electrons. The lowest BCUT2D eigenvalue weighted by Gasteiger charge is -2.11. The molecule has 0 aliphatic heterocycles. The third-order valence-electron chi connectivity index (χ3n) is 4.04. The number of aromatic carboxylic acids is 1. The molecule has 0 fully saturated rings. The molecule has 140 valence electrons. The Balaban J connectivity index is 1.57. The highest BCUT2D eigenvalue weighted by molar-refractivity contribution is 5.88. The summed E-state index contributed by atoms with van der Waals surface area (Å²) in [6, 6.07) is 11.5. The molecule has 0 aliphatic carbocycles. The van der Waals surface area contributed by atoms with Gasteiger partial charge in [0.25, 0.3) is 0 Å². The topological polar surface area (TPSA) is 133 Å². The van der Waals surface area contributed by atoms with Crippen LogP contribution in [-0.4, -0.2) is 26.0 Å². The number of rotatable bonds is 5. The van der Waals surface area contributed by atoms with Crippen LogP contribution in [-0.2, 0) is 0 Å². The number of aromatic nitrogens is 3. The van der Waals surface area contributed by atoms with E-state index in [0.717, 1.165) is 11.3 Å². The second-order valence-corrected chi connectivity index (χ2v) is 6.08. The zero-order valence-electron chi connectivity index (χ0n) is 14.7. The van der Waals surface area contributed by atoms with Gasteiger partial charge >= 0.3 is 11.7 Å². The Morgan fingerprint density at radius 2 is 1.86 bits per heavy atom. The average molecular weight is 377 g/mol. The van der Waals surface area contributed by atoms with Gasteiger partial charge in [-0.15, -0.1) is 0 Å². The second kappa shape index (κ2) is 6.88. The lowest BCUT2D eigenvalue weighted by Crippen LogP contribution is -2.03. The zero-order valence-corrected chi connectivity index (χ0v) is 14.7. The minimum absolute atomic E-state index is 0.199. The van der Waals surface area contributed by atoms with Crippen LogP contribution in [0.3, 0.4) is 0 Å². The van der Waals surface area contributed by atoms with Gasteiger partial charge in [-0.05, 0) is 49.4 Å². The van der Waals surface area contributed by atoms with Gasteiger partial charge < -0.3 is 20.2 Å². The van der Waals surface area contributed by atoms with E-state index in [0.29, 0.717) is 28.6 Å². The molecule has 4 N–H and O–H groups in total. The van der Waals surface area contributed by atoms with Gasteiger partial charge in [-0.2, -0.15) is 4.98 Å². The van der Waals surface area contributed by atoms with Gasteiger partial charge in [0.15, 0.2) is 5.58 Å². The number of carbonyl (C=O) groups is 1. The molecule has 2 aromatic heterocycles. The van der Waals surface area contributed by atoms with Crippen molar-refractivity contribution in [2.75, 3.05) is 10.6 Å². The third kappa shape index (κ3) is 3.54. The third-order valence-corrected chi connectivity index (χ3v) is 4.04. The fourth-order valence-corrected chi connectivity index (χ4v) is 2.62. The molecule has 0 saturated carbocycles. The fraction of sp³-hybridized carbons (Fsp3) is 0.0526. The van der Waals surface area contributed by atoms with Crippen LogP contribution in [0.5, 0.6) is 0 Å². The van der Waals surface area contributed by atoms with Crippen LogP contribution in [0.4, 0.5) is 23.1 Å². The molecule has 0 saturated heterocycles. The smallest absolute Gasteiger partial charge is 0.417 e. The molecule has 0 aliphatic rings. The van der Waals surface area contributed by atoms with Crippen LogP contribution in [0.25, 0.3) is 11.1 Å². The summed E-state index contributed by atoms with van der Waals surface area (Å²) >= 11 is 0. The Hall–Kier alpha value is -4.14. The van der Waals surface area contributed by atoms with Crippen molar-refractivity contribution in [1.29, 1.82) is 0 Å². The van der Waals surface area contributed by atoms with Crippen LogP contribution in [0.1, 0.15) is 15.9 Å². The summed E-state index contributed by atoms with van der Waals surface area (Å²) in [4.78, 5) is 33.5. The fourth-order valence-electron chi connectivity index (χ4n) is 2.62. The summed E-state index contributed by atoms with van der Waals surface area (Å²) in [5.74, 6) is -0.551. The first-order chi connectivity index (χ1) is 13.5. The summed E-state index contributed by atoms with van der Waals surface area (Å²) in [5.41, 5.74) is 3.47. The highest BCUT2D eigenvalue weighted by Crippen LogP contribution is 2.23. The van der Waals surface area contributed by atoms with Crippen LogP contribution in [0.2, 0.25) is 0 Å². The lowest BCUT2D eigenvalue weighted by atomic mass is 10.2. The first-order valence-electron chi connectivity index (χ1n) is 8.32. The molecule has 9 heteroatoms. The monoisotopic (exact) mass is 377 g/mol. The van der Waals surface area contributed by atoms with Gasteiger partial charge in [-0.3, -0.25) is 4.98 Å². The number of nitrogens with one attached hydrogen (secondary N) is 3. The van der Waals surface area contributed by atoms with Crippen LogP contribution in [0, 0.1) is 6.92 Å².